The highest BCUT2D eigenvalue weighted by Gasteiger charge is 2.35. The van der Waals surface area contributed by atoms with Gasteiger partial charge in [-0.15, -0.1) is 0 Å². The SMILES string of the molecule is CCc1[nH]ncc1-n1c(C2CC2)c(Sc2cccc(CC(=O)O)c2F)c2ccc(Cl)c(F)c21. The van der Waals surface area contributed by atoms with Crippen LogP contribution in [0.15, 0.2) is 46.3 Å². The summed E-state index contributed by atoms with van der Waals surface area (Å²) in [6.45, 7) is 1.99. The fourth-order valence-corrected chi connectivity index (χ4v) is 5.56. The molecule has 0 atom stereocenters. The highest BCUT2D eigenvalue weighted by atomic mass is 35.5. The second kappa shape index (κ2) is 8.50. The number of rotatable bonds is 7. The molecule has 4 aromatic rings. The van der Waals surface area contributed by atoms with E-state index in [1.165, 1.54) is 23.9 Å². The molecule has 1 fully saturated rings. The van der Waals surface area contributed by atoms with Crippen molar-refractivity contribution in [1.29, 1.82) is 0 Å². The lowest BCUT2D eigenvalue weighted by atomic mass is 10.1. The zero-order valence-electron chi connectivity index (χ0n) is 17.7. The van der Waals surface area contributed by atoms with Crippen molar-refractivity contribution < 1.29 is 18.7 Å². The summed E-state index contributed by atoms with van der Waals surface area (Å²) in [5, 5.41) is 16.9. The highest BCUT2D eigenvalue weighted by molar-refractivity contribution is 7.99. The molecule has 0 saturated heterocycles. The first-order valence-electron chi connectivity index (χ1n) is 10.6. The Kier molecular flexibility index (Phi) is 5.66. The number of benzene rings is 2. The standard InChI is InChI=1S/C24H20ClF2N3O2S/c1-2-16-17(11-28-29-16)30-22(12-6-7-12)24(14-8-9-15(25)21(27)23(14)30)33-18-5-3-4-13(20(18)26)10-19(31)32/h3-5,8-9,11-12H,2,6-7,10H2,1H3,(H,28,29)(H,31,32). The van der Waals surface area contributed by atoms with Crippen LogP contribution < -0.4 is 0 Å². The fourth-order valence-electron chi connectivity index (χ4n) is 4.19. The lowest BCUT2D eigenvalue weighted by Gasteiger charge is -2.12. The molecule has 0 bridgehead atoms. The largest absolute Gasteiger partial charge is 0.481 e. The van der Waals surface area contributed by atoms with E-state index in [0.717, 1.165) is 34.8 Å². The number of H-pyrrole nitrogens is 1. The monoisotopic (exact) mass is 487 g/mol. The van der Waals surface area contributed by atoms with Gasteiger partial charge in [0.1, 0.15) is 5.82 Å². The molecule has 5 nitrogen and oxygen atoms in total. The number of aromatic nitrogens is 3. The van der Waals surface area contributed by atoms with Gasteiger partial charge in [-0.25, -0.2) is 8.78 Å². The van der Waals surface area contributed by atoms with Gasteiger partial charge in [0.25, 0.3) is 0 Å². The van der Waals surface area contributed by atoms with Crippen LogP contribution in [0.1, 0.15) is 42.6 Å². The number of nitrogens with zero attached hydrogens (tertiary/aromatic N) is 2. The minimum Gasteiger partial charge on any atom is -0.481 e. The average molecular weight is 488 g/mol. The number of aromatic amines is 1. The zero-order chi connectivity index (χ0) is 23.3. The van der Waals surface area contributed by atoms with Crippen LogP contribution in [0, 0.1) is 11.6 Å². The molecule has 9 heteroatoms. The molecule has 170 valence electrons. The molecule has 5 rings (SSSR count). The van der Waals surface area contributed by atoms with Gasteiger partial charge in [0.05, 0.1) is 34.5 Å². The van der Waals surface area contributed by atoms with Gasteiger partial charge in [-0.2, -0.15) is 5.10 Å². The van der Waals surface area contributed by atoms with Crippen molar-refractivity contribution in [1.82, 2.24) is 14.8 Å². The topological polar surface area (TPSA) is 70.9 Å². The summed E-state index contributed by atoms with van der Waals surface area (Å²) in [6.07, 6.45) is 3.83. The van der Waals surface area contributed by atoms with Gasteiger partial charge < -0.3 is 9.67 Å². The summed E-state index contributed by atoms with van der Waals surface area (Å²) in [7, 11) is 0. The van der Waals surface area contributed by atoms with Gasteiger partial charge in [0.2, 0.25) is 0 Å². The summed E-state index contributed by atoms with van der Waals surface area (Å²) in [5.74, 6) is -2.01. The number of hydrogen-bond acceptors (Lipinski definition) is 3. The Bertz CT molecular complexity index is 1390. The molecule has 0 amide bonds. The van der Waals surface area contributed by atoms with E-state index >= 15 is 8.78 Å². The number of aliphatic carboxylic acids is 1. The van der Waals surface area contributed by atoms with Crippen molar-refractivity contribution in [3.8, 4) is 5.69 Å². The number of hydrogen-bond donors (Lipinski definition) is 2. The molecule has 33 heavy (non-hydrogen) atoms. The molecule has 2 heterocycles. The van der Waals surface area contributed by atoms with Crippen molar-refractivity contribution in [2.24, 2.45) is 0 Å². The molecule has 1 saturated carbocycles. The highest BCUT2D eigenvalue weighted by Crippen LogP contribution is 2.52. The molecule has 2 N–H and O–H groups in total. The van der Waals surface area contributed by atoms with E-state index in [0.29, 0.717) is 22.2 Å². The normalized spacial score (nSPS) is 13.7. The van der Waals surface area contributed by atoms with E-state index in [-0.39, 0.29) is 16.5 Å². The minimum atomic E-state index is -1.10. The van der Waals surface area contributed by atoms with E-state index < -0.39 is 24.0 Å². The fraction of sp³-hybridized carbons (Fsp3) is 0.250. The van der Waals surface area contributed by atoms with Gasteiger partial charge in [0.15, 0.2) is 5.82 Å². The van der Waals surface area contributed by atoms with Crippen LogP contribution in [0.25, 0.3) is 16.6 Å². The lowest BCUT2D eigenvalue weighted by Crippen LogP contribution is -2.04. The molecule has 0 aliphatic heterocycles. The Balaban J connectivity index is 1.77. The van der Waals surface area contributed by atoms with E-state index in [9.17, 15) is 4.79 Å². The van der Waals surface area contributed by atoms with Crippen LogP contribution in [-0.2, 0) is 17.6 Å². The smallest absolute Gasteiger partial charge is 0.307 e. The average Bonchev–Trinajstić information content (AvgIpc) is 3.42. The second-order valence-electron chi connectivity index (χ2n) is 8.07. The number of fused-ring (bicyclic) bond motifs is 1. The van der Waals surface area contributed by atoms with E-state index in [4.69, 9.17) is 16.7 Å². The zero-order valence-corrected chi connectivity index (χ0v) is 19.2. The first-order valence-corrected chi connectivity index (χ1v) is 11.8. The Morgan fingerprint density at radius 3 is 2.76 bits per heavy atom. The van der Waals surface area contributed by atoms with Gasteiger partial charge in [-0.05, 0) is 37.5 Å². The van der Waals surface area contributed by atoms with Crippen LogP contribution in [0.4, 0.5) is 8.78 Å². The van der Waals surface area contributed by atoms with Crippen LogP contribution in [0.5, 0.6) is 0 Å². The van der Waals surface area contributed by atoms with Crippen molar-refractivity contribution in [3.63, 3.8) is 0 Å². The summed E-state index contributed by atoms with van der Waals surface area (Å²) in [5.41, 5.74) is 2.96. The molecular formula is C24H20ClF2N3O2S. The first-order chi connectivity index (χ1) is 15.9. The van der Waals surface area contributed by atoms with Gasteiger partial charge in [0, 0.05) is 32.4 Å². The maximum absolute atomic E-state index is 15.5. The Labute approximate surface area is 197 Å². The molecule has 1 aliphatic rings. The van der Waals surface area contributed by atoms with Crippen molar-refractivity contribution in [2.75, 3.05) is 0 Å². The number of aryl methyl sites for hydroxylation is 1. The first kappa shape index (κ1) is 22.0. The van der Waals surface area contributed by atoms with Crippen LogP contribution in [-0.4, -0.2) is 25.8 Å². The third kappa shape index (κ3) is 3.81. The Morgan fingerprint density at radius 2 is 2.06 bits per heavy atom. The van der Waals surface area contributed by atoms with Crippen LogP contribution in [0.3, 0.4) is 0 Å². The summed E-state index contributed by atoms with van der Waals surface area (Å²) < 4.78 is 32.5. The molecule has 1 aliphatic carbocycles. The second-order valence-corrected chi connectivity index (χ2v) is 9.53. The van der Waals surface area contributed by atoms with Crippen LogP contribution >= 0.6 is 23.4 Å². The van der Waals surface area contributed by atoms with Crippen molar-refractivity contribution in [2.45, 2.75) is 48.3 Å². The minimum absolute atomic E-state index is 0.0105. The molecule has 0 radical (unpaired) electrons. The third-order valence-corrected chi connectivity index (χ3v) is 7.32. The Morgan fingerprint density at radius 1 is 1.27 bits per heavy atom. The van der Waals surface area contributed by atoms with Gasteiger partial charge in [-0.1, -0.05) is 42.4 Å². The van der Waals surface area contributed by atoms with E-state index in [1.807, 2.05) is 11.5 Å². The van der Waals surface area contributed by atoms with Crippen LogP contribution in [0.2, 0.25) is 5.02 Å². The predicted octanol–water partition coefficient (Wildman–Crippen LogP) is 6.50. The number of halogens is 3. The van der Waals surface area contributed by atoms with Crippen molar-refractivity contribution in [3.05, 3.63) is 70.1 Å². The number of nitrogens with one attached hydrogen (secondary N) is 1. The maximum atomic E-state index is 15.5. The molecule has 0 spiro atoms. The van der Waals surface area contributed by atoms with E-state index in [1.54, 1.807) is 24.4 Å². The lowest BCUT2D eigenvalue weighted by molar-refractivity contribution is -0.136. The van der Waals surface area contributed by atoms with Gasteiger partial charge in [-0.3, -0.25) is 9.89 Å². The molecule has 2 aromatic carbocycles. The predicted molar refractivity (Wildman–Crippen MR) is 124 cm³/mol. The third-order valence-electron chi connectivity index (χ3n) is 5.86. The van der Waals surface area contributed by atoms with Crippen molar-refractivity contribution >= 4 is 40.2 Å². The number of carbonyl (C=O) groups is 1. The summed E-state index contributed by atoms with van der Waals surface area (Å²) in [4.78, 5) is 12.2. The summed E-state index contributed by atoms with van der Waals surface area (Å²) in [6, 6.07) is 8.00. The number of carboxylic acid groups (broad SMARTS) is 1. The summed E-state index contributed by atoms with van der Waals surface area (Å²) >= 11 is 7.37. The molecular weight excluding hydrogens is 468 g/mol. The van der Waals surface area contributed by atoms with E-state index in [2.05, 4.69) is 10.2 Å². The number of carboxylic acids is 1. The Hall–Kier alpha value is -2.84. The quantitative estimate of drug-likeness (QED) is 0.312. The molecule has 0 unspecified atom stereocenters. The maximum Gasteiger partial charge on any atom is 0.307 e. The van der Waals surface area contributed by atoms with Gasteiger partial charge >= 0.3 is 5.97 Å². The molecule has 2 aromatic heterocycles.